The zero-order chi connectivity index (χ0) is 19.6. The summed E-state index contributed by atoms with van der Waals surface area (Å²) in [5.41, 5.74) is 0.197. The lowest BCUT2D eigenvalue weighted by molar-refractivity contribution is -0.124. The van der Waals surface area contributed by atoms with E-state index in [1.807, 2.05) is 0 Å². The summed E-state index contributed by atoms with van der Waals surface area (Å²) in [7, 11) is -3.10. The second kappa shape index (κ2) is 7.81. The first kappa shape index (κ1) is 19.6. The largest absolute Gasteiger partial charge is 0.352 e. The average Bonchev–Trinajstić information content (AvgIpc) is 3.07. The van der Waals surface area contributed by atoms with Crippen LogP contribution in [0.3, 0.4) is 0 Å². The molecule has 144 valence electrons. The Balaban J connectivity index is 1.58. The number of benzene rings is 1. The number of imide groups is 1. The van der Waals surface area contributed by atoms with Crippen LogP contribution in [0.2, 0.25) is 0 Å². The van der Waals surface area contributed by atoms with Gasteiger partial charge in [-0.05, 0) is 30.3 Å². The second-order valence-corrected chi connectivity index (χ2v) is 9.49. The minimum absolute atomic E-state index is 0.0435. The number of nitrogens with one attached hydrogen (secondary N) is 1. The van der Waals surface area contributed by atoms with Gasteiger partial charge in [-0.15, -0.1) is 0 Å². The van der Waals surface area contributed by atoms with E-state index in [1.165, 1.54) is 24.3 Å². The Morgan fingerprint density at radius 2 is 2.07 bits per heavy atom. The molecule has 0 aromatic heterocycles. The van der Waals surface area contributed by atoms with E-state index in [-0.39, 0.29) is 34.9 Å². The second-order valence-electron chi connectivity index (χ2n) is 6.27. The van der Waals surface area contributed by atoms with Gasteiger partial charge in [0.05, 0.1) is 16.4 Å². The molecule has 0 unspecified atom stereocenters. The highest BCUT2D eigenvalue weighted by atomic mass is 32.2. The molecular weight excluding hydrogens is 395 g/mol. The number of hydrogen-bond acceptors (Lipinski definition) is 6. The van der Waals surface area contributed by atoms with E-state index in [4.69, 9.17) is 0 Å². The minimum Gasteiger partial charge on any atom is -0.352 e. The topological polar surface area (TPSA) is 101 Å². The van der Waals surface area contributed by atoms with Gasteiger partial charge >= 0.3 is 0 Å². The predicted molar refractivity (Wildman–Crippen MR) is 98.9 cm³/mol. The minimum atomic E-state index is -3.10. The molecule has 0 saturated carbocycles. The zero-order valence-corrected chi connectivity index (χ0v) is 15.8. The molecule has 0 aliphatic carbocycles. The van der Waals surface area contributed by atoms with Crippen molar-refractivity contribution in [2.24, 2.45) is 0 Å². The van der Waals surface area contributed by atoms with E-state index in [0.29, 0.717) is 18.2 Å². The third kappa shape index (κ3) is 4.75. The summed E-state index contributed by atoms with van der Waals surface area (Å²) >= 11 is 0.691. The standard InChI is InChI=1S/C17H17FN2O5S2/c18-13-4-2-1-3-11(13)9-14-16(22)20(17(23)26-14)7-5-15(21)19-12-6-8-27(24,25)10-12/h1-4,9,12H,5-8,10H2,(H,19,21)/b14-9-/t12-/m1/s1. The highest BCUT2D eigenvalue weighted by Gasteiger charge is 2.35. The van der Waals surface area contributed by atoms with Crippen molar-refractivity contribution >= 4 is 44.7 Å². The molecule has 2 fully saturated rings. The highest BCUT2D eigenvalue weighted by molar-refractivity contribution is 8.18. The molecule has 2 saturated heterocycles. The fourth-order valence-corrected chi connectivity index (χ4v) is 5.38. The van der Waals surface area contributed by atoms with Crippen LogP contribution in [0.1, 0.15) is 18.4 Å². The molecular formula is C17H17FN2O5S2. The van der Waals surface area contributed by atoms with Gasteiger partial charge in [0.15, 0.2) is 9.84 Å². The number of hydrogen-bond donors (Lipinski definition) is 1. The lowest BCUT2D eigenvalue weighted by atomic mass is 10.2. The van der Waals surface area contributed by atoms with Crippen molar-refractivity contribution in [2.45, 2.75) is 18.9 Å². The number of rotatable bonds is 5. The Morgan fingerprint density at radius 1 is 1.33 bits per heavy atom. The van der Waals surface area contributed by atoms with Crippen molar-refractivity contribution in [3.63, 3.8) is 0 Å². The van der Waals surface area contributed by atoms with Gasteiger partial charge in [0.25, 0.3) is 11.1 Å². The molecule has 0 radical (unpaired) electrons. The van der Waals surface area contributed by atoms with Gasteiger partial charge in [0.2, 0.25) is 5.91 Å². The van der Waals surface area contributed by atoms with Crippen molar-refractivity contribution in [1.29, 1.82) is 0 Å². The number of thioether (sulfide) groups is 1. The van der Waals surface area contributed by atoms with Gasteiger partial charge in [-0.3, -0.25) is 19.3 Å². The molecule has 1 aromatic rings. The van der Waals surface area contributed by atoms with Crippen LogP contribution < -0.4 is 5.32 Å². The maximum atomic E-state index is 13.7. The van der Waals surface area contributed by atoms with Gasteiger partial charge in [0.1, 0.15) is 5.82 Å². The number of halogens is 1. The molecule has 0 bridgehead atoms. The molecule has 2 heterocycles. The quantitative estimate of drug-likeness (QED) is 0.737. The maximum Gasteiger partial charge on any atom is 0.293 e. The summed E-state index contributed by atoms with van der Waals surface area (Å²) in [4.78, 5) is 37.4. The van der Waals surface area contributed by atoms with Crippen molar-refractivity contribution in [3.05, 3.63) is 40.6 Å². The highest BCUT2D eigenvalue weighted by Crippen LogP contribution is 2.32. The smallest absolute Gasteiger partial charge is 0.293 e. The Hall–Kier alpha value is -2.20. The fraction of sp³-hybridized carbons (Fsp3) is 0.353. The van der Waals surface area contributed by atoms with Gasteiger partial charge in [-0.1, -0.05) is 18.2 Å². The van der Waals surface area contributed by atoms with Crippen molar-refractivity contribution in [3.8, 4) is 0 Å². The predicted octanol–water partition coefficient (Wildman–Crippen LogP) is 1.56. The van der Waals surface area contributed by atoms with E-state index in [9.17, 15) is 27.2 Å². The summed E-state index contributed by atoms with van der Waals surface area (Å²) in [5, 5.41) is 2.08. The molecule has 3 amide bonds. The number of nitrogens with zero attached hydrogens (tertiary/aromatic N) is 1. The molecule has 0 spiro atoms. The van der Waals surface area contributed by atoms with Crippen molar-refractivity contribution < 1.29 is 27.2 Å². The van der Waals surface area contributed by atoms with Crippen LogP contribution in [0, 0.1) is 5.82 Å². The Kier molecular flexibility index (Phi) is 5.66. The van der Waals surface area contributed by atoms with Crippen LogP contribution in [0.4, 0.5) is 9.18 Å². The average molecular weight is 412 g/mol. The lowest BCUT2D eigenvalue weighted by Crippen LogP contribution is -2.38. The molecule has 2 aliphatic rings. The zero-order valence-electron chi connectivity index (χ0n) is 14.2. The number of sulfone groups is 1. The Labute approximate surface area is 159 Å². The normalized spacial score (nSPS) is 23.2. The summed E-state index contributed by atoms with van der Waals surface area (Å²) < 4.78 is 36.5. The molecule has 2 aliphatic heterocycles. The third-order valence-electron chi connectivity index (χ3n) is 4.23. The summed E-state index contributed by atoms with van der Waals surface area (Å²) in [6, 6.07) is 5.45. The van der Waals surface area contributed by atoms with Gasteiger partial charge < -0.3 is 5.32 Å². The monoisotopic (exact) mass is 412 g/mol. The number of amides is 3. The molecule has 1 N–H and O–H groups in total. The summed E-state index contributed by atoms with van der Waals surface area (Å²) in [6.45, 7) is -0.120. The van der Waals surface area contributed by atoms with Crippen LogP contribution in [0.15, 0.2) is 29.2 Å². The SMILES string of the molecule is O=C(CCN1C(=O)S/C(=C\c2ccccc2F)C1=O)N[C@@H]1CCS(=O)(=O)C1. The molecule has 27 heavy (non-hydrogen) atoms. The molecule has 1 aromatic carbocycles. The van der Waals surface area contributed by atoms with E-state index < -0.39 is 38.7 Å². The number of carbonyl (C=O) groups excluding carboxylic acids is 3. The Bertz CT molecular complexity index is 929. The van der Waals surface area contributed by atoms with Crippen LogP contribution in [-0.4, -0.2) is 54.5 Å². The Morgan fingerprint density at radius 3 is 2.74 bits per heavy atom. The van der Waals surface area contributed by atoms with Gasteiger partial charge in [-0.2, -0.15) is 0 Å². The van der Waals surface area contributed by atoms with Crippen LogP contribution >= 0.6 is 11.8 Å². The first-order valence-electron chi connectivity index (χ1n) is 8.25. The summed E-state index contributed by atoms with van der Waals surface area (Å²) in [5.74, 6) is -1.55. The molecule has 10 heteroatoms. The van der Waals surface area contributed by atoms with E-state index in [1.54, 1.807) is 6.07 Å². The molecule has 7 nitrogen and oxygen atoms in total. The van der Waals surface area contributed by atoms with E-state index in [2.05, 4.69) is 5.32 Å². The van der Waals surface area contributed by atoms with Crippen LogP contribution in [-0.2, 0) is 19.4 Å². The van der Waals surface area contributed by atoms with E-state index in [0.717, 1.165) is 4.90 Å². The van der Waals surface area contributed by atoms with Gasteiger partial charge in [-0.25, -0.2) is 12.8 Å². The van der Waals surface area contributed by atoms with Crippen LogP contribution in [0.5, 0.6) is 0 Å². The fourth-order valence-electron chi connectivity index (χ4n) is 2.85. The van der Waals surface area contributed by atoms with Gasteiger partial charge in [0, 0.05) is 24.6 Å². The van der Waals surface area contributed by atoms with E-state index >= 15 is 0 Å². The third-order valence-corrected chi connectivity index (χ3v) is 6.90. The first-order valence-corrected chi connectivity index (χ1v) is 10.9. The van der Waals surface area contributed by atoms with Crippen LogP contribution in [0.25, 0.3) is 6.08 Å². The van der Waals surface area contributed by atoms with Crippen molar-refractivity contribution in [1.82, 2.24) is 10.2 Å². The first-order chi connectivity index (χ1) is 12.7. The molecule has 1 atom stereocenters. The molecule has 3 rings (SSSR count). The van der Waals surface area contributed by atoms with Crippen molar-refractivity contribution in [2.75, 3.05) is 18.1 Å². The lowest BCUT2D eigenvalue weighted by Gasteiger charge is -2.14. The maximum absolute atomic E-state index is 13.7. The summed E-state index contributed by atoms with van der Waals surface area (Å²) in [6.07, 6.45) is 1.55. The number of carbonyl (C=O) groups is 3.